The van der Waals surface area contributed by atoms with Crippen LogP contribution in [0.25, 0.3) is 0 Å². The first kappa shape index (κ1) is 21.5. The monoisotopic (exact) mass is 381 g/mol. The van der Waals surface area contributed by atoms with E-state index in [1.54, 1.807) is 6.92 Å². The quantitative estimate of drug-likeness (QED) is 0.770. The maximum absolute atomic E-state index is 12.4. The molecule has 0 unspecified atom stereocenters. The largest absolute Gasteiger partial charge is 0.377 e. The predicted molar refractivity (Wildman–Crippen MR) is 115 cm³/mol. The fourth-order valence-corrected chi connectivity index (χ4v) is 3.13. The molecule has 2 aromatic rings. The van der Waals surface area contributed by atoms with Gasteiger partial charge in [-0.25, -0.2) is 0 Å². The van der Waals surface area contributed by atoms with Crippen LogP contribution in [0.1, 0.15) is 44.9 Å². The topological polar surface area (TPSA) is 52.7 Å². The summed E-state index contributed by atoms with van der Waals surface area (Å²) in [4.78, 5) is 28.4. The Morgan fingerprint density at radius 3 is 2.18 bits per heavy atom. The van der Waals surface area contributed by atoms with Crippen LogP contribution in [-0.4, -0.2) is 30.8 Å². The van der Waals surface area contributed by atoms with Gasteiger partial charge in [-0.05, 0) is 36.2 Å². The number of nitrogens with zero attached hydrogens (tertiary/aromatic N) is 2. The summed E-state index contributed by atoms with van der Waals surface area (Å²) >= 11 is 0. The Morgan fingerprint density at radius 2 is 1.64 bits per heavy atom. The predicted octanol–water partition coefficient (Wildman–Crippen LogP) is 4.46. The molecule has 0 bridgehead atoms. The van der Waals surface area contributed by atoms with E-state index in [2.05, 4.69) is 5.32 Å². The average Bonchev–Trinajstić information content (AvgIpc) is 2.65. The van der Waals surface area contributed by atoms with Gasteiger partial charge in [0.1, 0.15) is 0 Å². The summed E-state index contributed by atoms with van der Waals surface area (Å²) in [5.74, 6) is -0.105. The summed E-state index contributed by atoms with van der Waals surface area (Å²) in [5, 5.41) is 2.95. The number of hydrogen-bond donors (Lipinski definition) is 1. The van der Waals surface area contributed by atoms with E-state index in [1.807, 2.05) is 93.2 Å². The van der Waals surface area contributed by atoms with Crippen molar-refractivity contribution in [1.29, 1.82) is 0 Å². The van der Waals surface area contributed by atoms with Crippen molar-refractivity contribution in [3.63, 3.8) is 0 Å². The molecule has 5 nitrogen and oxygen atoms in total. The maximum Gasteiger partial charge on any atom is 0.226 e. The highest BCUT2D eigenvalue weighted by molar-refractivity contribution is 5.92. The summed E-state index contributed by atoms with van der Waals surface area (Å²) < 4.78 is 0. The molecule has 2 amide bonds. The number of carbonyl (C=O) groups is 2. The third-order valence-electron chi connectivity index (χ3n) is 4.85. The molecule has 2 rings (SSSR count). The van der Waals surface area contributed by atoms with E-state index in [4.69, 9.17) is 0 Å². The number of amides is 2. The van der Waals surface area contributed by atoms with Gasteiger partial charge < -0.3 is 15.1 Å². The lowest BCUT2D eigenvalue weighted by Crippen LogP contribution is -2.32. The molecule has 0 fully saturated rings. The zero-order valence-corrected chi connectivity index (χ0v) is 17.7. The minimum absolute atomic E-state index is 0.0117. The van der Waals surface area contributed by atoms with Crippen LogP contribution in [0.2, 0.25) is 0 Å². The van der Waals surface area contributed by atoms with Gasteiger partial charge in [-0.1, -0.05) is 44.2 Å². The second-order valence-electron chi connectivity index (χ2n) is 7.62. The second kappa shape index (κ2) is 9.40. The molecule has 0 aromatic heterocycles. The number of nitrogens with one attached hydrogen (secondary N) is 1. The van der Waals surface area contributed by atoms with E-state index >= 15 is 0 Å². The van der Waals surface area contributed by atoms with Gasteiger partial charge in [0.05, 0.1) is 6.04 Å². The normalized spacial score (nSPS) is 11.8. The molecule has 150 valence electrons. The molecular weight excluding hydrogens is 350 g/mol. The summed E-state index contributed by atoms with van der Waals surface area (Å²) in [6.07, 6.45) is 0. The number of benzene rings is 2. The summed E-state index contributed by atoms with van der Waals surface area (Å²) in [6, 6.07) is 15.8. The third kappa shape index (κ3) is 5.35. The Labute approximate surface area is 168 Å². The van der Waals surface area contributed by atoms with E-state index in [9.17, 15) is 9.59 Å². The van der Waals surface area contributed by atoms with Crippen molar-refractivity contribution >= 4 is 23.2 Å². The number of carbonyl (C=O) groups excluding carboxylic acids is 2. The van der Waals surface area contributed by atoms with Crippen molar-refractivity contribution in [2.45, 2.75) is 40.3 Å². The highest BCUT2D eigenvalue weighted by atomic mass is 16.2. The van der Waals surface area contributed by atoms with Gasteiger partial charge in [0.2, 0.25) is 11.8 Å². The van der Waals surface area contributed by atoms with Crippen LogP contribution in [0.15, 0.2) is 48.5 Å². The molecule has 2 aromatic carbocycles. The molecule has 0 aliphatic rings. The molecule has 28 heavy (non-hydrogen) atoms. The molecule has 1 N–H and O–H groups in total. The van der Waals surface area contributed by atoms with Crippen molar-refractivity contribution in [2.24, 2.45) is 5.92 Å². The smallest absolute Gasteiger partial charge is 0.226 e. The first-order valence-corrected chi connectivity index (χ1v) is 9.64. The van der Waals surface area contributed by atoms with Gasteiger partial charge in [-0.2, -0.15) is 0 Å². The molecule has 0 radical (unpaired) electrons. The van der Waals surface area contributed by atoms with Crippen LogP contribution in [0.4, 0.5) is 11.4 Å². The standard InChI is InChI=1S/C23H31N3O2/c1-16(2)23(28)24-21-12-13-22(25(5)6)20(14-21)15-26(18(4)27)17(3)19-10-8-7-9-11-19/h7-14,16-17H,15H2,1-6H3,(H,24,28)/t17-/m0/s1. The Bertz CT molecular complexity index is 816. The zero-order valence-electron chi connectivity index (χ0n) is 17.7. The van der Waals surface area contributed by atoms with Gasteiger partial charge >= 0.3 is 0 Å². The Hall–Kier alpha value is -2.82. The van der Waals surface area contributed by atoms with Gasteiger partial charge in [0.25, 0.3) is 0 Å². The minimum atomic E-state index is -0.0937. The number of hydrogen-bond acceptors (Lipinski definition) is 3. The van der Waals surface area contributed by atoms with Crippen molar-refractivity contribution in [3.05, 3.63) is 59.7 Å². The fraction of sp³-hybridized carbons (Fsp3) is 0.391. The van der Waals surface area contributed by atoms with Gasteiger partial charge in [0.15, 0.2) is 0 Å². The van der Waals surface area contributed by atoms with Crippen molar-refractivity contribution in [3.8, 4) is 0 Å². The molecular formula is C23H31N3O2. The van der Waals surface area contributed by atoms with E-state index < -0.39 is 0 Å². The lowest BCUT2D eigenvalue weighted by molar-refractivity contribution is -0.131. The van der Waals surface area contributed by atoms with Crippen LogP contribution in [0.3, 0.4) is 0 Å². The summed E-state index contributed by atoms with van der Waals surface area (Å²) in [6.45, 7) is 7.83. The van der Waals surface area contributed by atoms with E-state index in [0.29, 0.717) is 6.54 Å². The maximum atomic E-state index is 12.4. The molecule has 0 spiro atoms. The van der Waals surface area contributed by atoms with Crippen molar-refractivity contribution in [1.82, 2.24) is 4.90 Å². The third-order valence-corrected chi connectivity index (χ3v) is 4.85. The Balaban J connectivity index is 2.36. The molecule has 0 heterocycles. The second-order valence-corrected chi connectivity index (χ2v) is 7.62. The lowest BCUT2D eigenvalue weighted by atomic mass is 10.0. The SMILES string of the molecule is CC(=O)N(Cc1cc(NC(=O)C(C)C)ccc1N(C)C)[C@@H](C)c1ccccc1. The van der Waals surface area contributed by atoms with Crippen LogP contribution in [0.5, 0.6) is 0 Å². The highest BCUT2D eigenvalue weighted by Gasteiger charge is 2.21. The number of rotatable bonds is 7. The van der Waals surface area contributed by atoms with Crippen LogP contribution in [0, 0.1) is 5.92 Å². The van der Waals surface area contributed by atoms with Crippen LogP contribution < -0.4 is 10.2 Å². The van der Waals surface area contributed by atoms with Crippen LogP contribution >= 0.6 is 0 Å². The average molecular weight is 382 g/mol. The Morgan fingerprint density at radius 1 is 1.00 bits per heavy atom. The highest BCUT2D eigenvalue weighted by Crippen LogP contribution is 2.28. The molecule has 0 saturated carbocycles. The zero-order chi connectivity index (χ0) is 20.8. The summed E-state index contributed by atoms with van der Waals surface area (Å²) in [5.41, 5.74) is 3.85. The molecule has 0 saturated heterocycles. The van der Waals surface area contributed by atoms with Gasteiger partial charge in [-0.15, -0.1) is 0 Å². The minimum Gasteiger partial charge on any atom is -0.377 e. The molecule has 0 aliphatic carbocycles. The molecule has 1 atom stereocenters. The first-order chi connectivity index (χ1) is 13.2. The fourth-order valence-electron chi connectivity index (χ4n) is 3.13. The van der Waals surface area contributed by atoms with Crippen LogP contribution in [-0.2, 0) is 16.1 Å². The Kier molecular flexibility index (Phi) is 7.21. The summed E-state index contributed by atoms with van der Waals surface area (Å²) in [7, 11) is 3.95. The van der Waals surface area contributed by atoms with Crippen molar-refractivity contribution < 1.29 is 9.59 Å². The number of anilines is 2. The first-order valence-electron chi connectivity index (χ1n) is 9.64. The van der Waals surface area contributed by atoms with E-state index in [1.165, 1.54) is 0 Å². The van der Waals surface area contributed by atoms with Crippen molar-refractivity contribution in [2.75, 3.05) is 24.3 Å². The molecule has 0 aliphatic heterocycles. The lowest BCUT2D eigenvalue weighted by Gasteiger charge is -2.30. The van der Waals surface area contributed by atoms with E-state index in [0.717, 1.165) is 22.5 Å². The van der Waals surface area contributed by atoms with Gasteiger partial charge in [0, 0.05) is 44.9 Å². The molecule has 5 heteroatoms. The van der Waals surface area contributed by atoms with Gasteiger partial charge in [-0.3, -0.25) is 9.59 Å². The van der Waals surface area contributed by atoms with E-state index in [-0.39, 0.29) is 23.8 Å².